The third-order valence-electron chi connectivity index (χ3n) is 3.64. The van der Waals surface area contributed by atoms with Gasteiger partial charge in [-0.15, -0.1) is 11.3 Å². The number of amides is 1. The zero-order valence-corrected chi connectivity index (χ0v) is 14.7. The number of non-ortho nitro benzene ring substituents is 1. The standard InChI is InChI=1S/C18H15N3O4S/c1-25-16-7-5-12(6-8-16)18-20-14(11-26-18)10-19-17(22)13-3-2-4-15(9-13)21(23)24/h2-9,11H,10H2,1H3,(H,19,22). The molecule has 1 amide bonds. The maximum Gasteiger partial charge on any atom is 0.270 e. The van der Waals surface area contributed by atoms with Crippen molar-refractivity contribution in [2.75, 3.05) is 7.11 Å². The Morgan fingerprint density at radius 1 is 1.27 bits per heavy atom. The number of rotatable bonds is 6. The molecular formula is C18H15N3O4S. The Morgan fingerprint density at radius 2 is 2.04 bits per heavy atom. The molecule has 1 aromatic heterocycles. The van der Waals surface area contributed by atoms with Crippen LogP contribution in [0, 0.1) is 10.1 Å². The van der Waals surface area contributed by atoms with Crippen LogP contribution in [0.1, 0.15) is 16.1 Å². The lowest BCUT2D eigenvalue weighted by Gasteiger charge is -2.03. The van der Waals surface area contributed by atoms with Crippen molar-refractivity contribution in [3.63, 3.8) is 0 Å². The summed E-state index contributed by atoms with van der Waals surface area (Å²) in [5.74, 6) is 0.391. The Bertz CT molecular complexity index is 938. The fourth-order valence-corrected chi connectivity index (χ4v) is 3.11. The molecule has 0 fully saturated rings. The highest BCUT2D eigenvalue weighted by Gasteiger charge is 2.12. The fourth-order valence-electron chi connectivity index (χ4n) is 2.29. The van der Waals surface area contributed by atoms with Gasteiger partial charge in [-0.2, -0.15) is 0 Å². The summed E-state index contributed by atoms with van der Waals surface area (Å²) < 4.78 is 5.13. The SMILES string of the molecule is COc1ccc(-c2nc(CNC(=O)c3cccc([N+](=O)[O-])c3)cs2)cc1. The van der Waals surface area contributed by atoms with Gasteiger partial charge in [0.25, 0.3) is 11.6 Å². The number of carbonyl (C=O) groups is 1. The molecule has 0 saturated heterocycles. The van der Waals surface area contributed by atoms with Gasteiger partial charge < -0.3 is 10.1 Å². The van der Waals surface area contributed by atoms with Crippen LogP contribution >= 0.6 is 11.3 Å². The molecule has 2 aromatic carbocycles. The molecule has 3 rings (SSSR count). The maximum absolute atomic E-state index is 12.2. The van der Waals surface area contributed by atoms with E-state index >= 15 is 0 Å². The third-order valence-corrected chi connectivity index (χ3v) is 4.58. The van der Waals surface area contributed by atoms with E-state index in [4.69, 9.17) is 4.74 Å². The van der Waals surface area contributed by atoms with Crippen LogP contribution in [0.25, 0.3) is 10.6 Å². The van der Waals surface area contributed by atoms with Crippen molar-refractivity contribution in [1.82, 2.24) is 10.3 Å². The van der Waals surface area contributed by atoms with Gasteiger partial charge in [-0.3, -0.25) is 14.9 Å². The molecule has 0 aliphatic carbocycles. The number of methoxy groups -OCH3 is 1. The van der Waals surface area contributed by atoms with Crippen LogP contribution in [-0.4, -0.2) is 22.9 Å². The molecule has 1 N–H and O–H groups in total. The molecule has 7 nitrogen and oxygen atoms in total. The van der Waals surface area contributed by atoms with Crippen molar-refractivity contribution in [1.29, 1.82) is 0 Å². The molecule has 0 bridgehead atoms. The highest BCUT2D eigenvalue weighted by atomic mass is 32.1. The Hall–Kier alpha value is -3.26. The number of nitrogens with zero attached hydrogens (tertiary/aromatic N) is 2. The van der Waals surface area contributed by atoms with Gasteiger partial charge in [0, 0.05) is 28.6 Å². The van der Waals surface area contributed by atoms with Crippen molar-refractivity contribution in [2.45, 2.75) is 6.54 Å². The van der Waals surface area contributed by atoms with Gasteiger partial charge in [-0.1, -0.05) is 6.07 Å². The highest BCUT2D eigenvalue weighted by molar-refractivity contribution is 7.13. The molecule has 0 aliphatic heterocycles. The van der Waals surface area contributed by atoms with Gasteiger partial charge in [0.2, 0.25) is 0 Å². The minimum atomic E-state index is -0.529. The van der Waals surface area contributed by atoms with Crippen LogP contribution in [0.5, 0.6) is 5.75 Å². The average molecular weight is 369 g/mol. The summed E-state index contributed by atoms with van der Waals surface area (Å²) in [4.78, 5) is 26.9. The molecule has 0 unspecified atom stereocenters. The lowest BCUT2D eigenvalue weighted by Crippen LogP contribution is -2.22. The van der Waals surface area contributed by atoms with E-state index in [0.717, 1.165) is 22.0 Å². The summed E-state index contributed by atoms with van der Waals surface area (Å²) in [5.41, 5.74) is 1.81. The lowest BCUT2D eigenvalue weighted by atomic mass is 10.2. The first-order valence-electron chi connectivity index (χ1n) is 7.68. The number of hydrogen-bond acceptors (Lipinski definition) is 6. The second-order valence-electron chi connectivity index (χ2n) is 5.36. The number of hydrogen-bond donors (Lipinski definition) is 1. The van der Waals surface area contributed by atoms with Crippen LogP contribution in [0.15, 0.2) is 53.9 Å². The molecule has 0 aliphatic rings. The van der Waals surface area contributed by atoms with Crippen molar-refractivity contribution >= 4 is 22.9 Å². The van der Waals surface area contributed by atoms with Crippen molar-refractivity contribution < 1.29 is 14.5 Å². The van der Waals surface area contributed by atoms with Gasteiger partial charge >= 0.3 is 0 Å². The second kappa shape index (κ2) is 7.75. The van der Waals surface area contributed by atoms with Crippen molar-refractivity contribution in [3.8, 4) is 16.3 Å². The summed E-state index contributed by atoms with van der Waals surface area (Å²) >= 11 is 1.48. The molecule has 0 radical (unpaired) electrons. The molecule has 26 heavy (non-hydrogen) atoms. The summed E-state index contributed by atoms with van der Waals surface area (Å²) in [6.45, 7) is 0.244. The fraction of sp³-hybridized carbons (Fsp3) is 0.111. The molecule has 8 heteroatoms. The molecular weight excluding hydrogens is 354 g/mol. The van der Waals surface area contributed by atoms with E-state index < -0.39 is 4.92 Å². The molecule has 0 atom stereocenters. The predicted molar refractivity (Wildman–Crippen MR) is 98.4 cm³/mol. The van der Waals surface area contributed by atoms with E-state index in [-0.39, 0.29) is 23.7 Å². The minimum absolute atomic E-state index is 0.117. The Balaban J connectivity index is 1.65. The van der Waals surface area contributed by atoms with Crippen LogP contribution in [0.3, 0.4) is 0 Å². The average Bonchev–Trinajstić information content (AvgIpc) is 3.15. The molecule has 0 saturated carbocycles. The number of aromatic nitrogens is 1. The summed E-state index contributed by atoms with van der Waals surface area (Å²) in [7, 11) is 1.61. The zero-order chi connectivity index (χ0) is 18.5. The Morgan fingerprint density at radius 3 is 2.73 bits per heavy atom. The topological polar surface area (TPSA) is 94.4 Å². The van der Waals surface area contributed by atoms with E-state index in [0.29, 0.717) is 0 Å². The van der Waals surface area contributed by atoms with Crippen LogP contribution < -0.4 is 10.1 Å². The number of nitro groups is 1. The van der Waals surface area contributed by atoms with Gasteiger partial charge in [0.15, 0.2) is 0 Å². The third kappa shape index (κ3) is 4.04. The van der Waals surface area contributed by atoms with Gasteiger partial charge in [0.1, 0.15) is 10.8 Å². The lowest BCUT2D eigenvalue weighted by molar-refractivity contribution is -0.384. The number of nitro benzene ring substituents is 1. The largest absolute Gasteiger partial charge is 0.497 e. The smallest absolute Gasteiger partial charge is 0.270 e. The number of nitrogens with one attached hydrogen (secondary N) is 1. The number of carbonyl (C=O) groups excluding carboxylic acids is 1. The summed E-state index contributed by atoms with van der Waals surface area (Å²) in [5, 5.41) is 16.2. The molecule has 3 aromatic rings. The van der Waals surface area contributed by atoms with E-state index in [2.05, 4.69) is 10.3 Å². The maximum atomic E-state index is 12.2. The molecule has 0 spiro atoms. The van der Waals surface area contributed by atoms with E-state index in [1.54, 1.807) is 7.11 Å². The Kier molecular flexibility index (Phi) is 5.23. The monoisotopic (exact) mass is 369 g/mol. The van der Waals surface area contributed by atoms with Crippen LogP contribution in [-0.2, 0) is 6.54 Å². The Labute approximate surface area is 153 Å². The second-order valence-corrected chi connectivity index (χ2v) is 6.22. The normalized spacial score (nSPS) is 10.3. The number of benzene rings is 2. The quantitative estimate of drug-likeness (QED) is 0.529. The van der Waals surface area contributed by atoms with Gasteiger partial charge in [-0.25, -0.2) is 4.98 Å². The number of thiazole rings is 1. The first kappa shape index (κ1) is 17.6. The van der Waals surface area contributed by atoms with Crippen LogP contribution in [0.2, 0.25) is 0 Å². The van der Waals surface area contributed by atoms with Crippen molar-refractivity contribution in [2.24, 2.45) is 0 Å². The molecule has 132 valence electrons. The zero-order valence-electron chi connectivity index (χ0n) is 13.8. The summed E-state index contributed by atoms with van der Waals surface area (Å²) in [6.07, 6.45) is 0. The van der Waals surface area contributed by atoms with Crippen molar-refractivity contribution in [3.05, 3.63) is 75.3 Å². The first-order valence-corrected chi connectivity index (χ1v) is 8.56. The van der Waals surface area contributed by atoms with E-state index in [9.17, 15) is 14.9 Å². The minimum Gasteiger partial charge on any atom is -0.497 e. The molecule has 1 heterocycles. The van der Waals surface area contributed by atoms with Gasteiger partial charge in [-0.05, 0) is 30.3 Å². The summed E-state index contributed by atoms with van der Waals surface area (Å²) in [6, 6.07) is 13.2. The first-order chi connectivity index (χ1) is 12.6. The number of ether oxygens (including phenoxy) is 1. The highest BCUT2D eigenvalue weighted by Crippen LogP contribution is 2.25. The van der Waals surface area contributed by atoms with E-state index in [1.165, 1.54) is 35.6 Å². The van der Waals surface area contributed by atoms with Gasteiger partial charge in [0.05, 0.1) is 24.3 Å². The van der Waals surface area contributed by atoms with Crippen LogP contribution in [0.4, 0.5) is 5.69 Å². The predicted octanol–water partition coefficient (Wildman–Crippen LogP) is 3.66. The van der Waals surface area contributed by atoms with E-state index in [1.807, 2.05) is 29.6 Å².